The van der Waals surface area contributed by atoms with Gasteiger partial charge in [0.05, 0.1) is 28.8 Å². The SMILES string of the molecule is Fc1cccc(-n2cnc3ccccc32)c1C1=NCCN1. The van der Waals surface area contributed by atoms with Crippen LogP contribution in [0, 0.1) is 5.82 Å². The number of amidine groups is 1. The standard InChI is InChI=1S/C16H13FN4/c17-11-4-3-7-14(15(11)16-18-8-9-19-16)21-10-20-12-5-1-2-6-13(12)21/h1-7,10H,8-9H2,(H,18,19). The fraction of sp³-hybridized carbons (Fsp3) is 0.125. The second-order valence-electron chi connectivity index (χ2n) is 4.89. The first-order valence-electron chi connectivity index (χ1n) is 6.84. The smallest absolute Gasteiger partial charge is 0.136 e. The average Bonchev–Trinajstić information content (AvgIpc) is 3.16. The molecule has 0 fully saturated rings. The number of benzene rings is 2. The largest absolute Gasteiger partial charge is 0.368 e. The van der Waals surface area contributed by atoms with Crippen LogP contribution in [0.5, 0.6) is 0 Å². The van der Waals surface area contributed by atoms with Gasteiger partial charge in [-0.15, -0.1) is 0 Å². The predicted molar refractivity (Wildman–Crippen MR) is 80.4 cm³/mol. The highest BCUT2D eigenvalue weighted by atomic mass is 19.1. The first kappa shape index (κ1) is 12.1. The van der Waals surface area contributed by atoms with E-state index in [-0.39, 0.29) is 5.82 Å². The molecule has 1 aliphatic heterocycles. The second kappa shape index (κ2) is 4.70. The van der Waals surface area contributed by atoms with E-state index in [9.17, 15) is 4.39 Å². The molecule has 5 heteroatoms. The molecule has 0 aliphatic carbocycles. The van der Waals surface area contributed by atoms with E-state index in [1.54, 1.807) is 12.4 Å². The summed E-state index contributed by atoms with van der Waals surface area (Å²) in [6, 6.07) is 12.9. The Labute approximate surface area is 121 Å². The minimum Gasteiger partial charge on any atom is -0.368 e. The Balaban J connectivity index is 1.98. The summed E-state index contributed by atoms with van der Waals surface area (Å²) in [5, 5.41) is 3.14. The zero-order valence-electron chi connectivity index (χ0n) is 11.3. The van der Waals surface area contributed by atoms with Crippen molar-refractivity contribution in [3.05, 3.63) is 60.2 Å². The Morgan fingerprint density at radius 2 is 2.00 bits per heavy atom. The van der Waals surface area contributed by atoms with E-state index < -0.39 is 0 Å². The third-order valence-corrected chi connectivity index (χ3v) is 3.62. The first-order valence-corrected chi connectivity index (χ1v) is 6.84. The number of fused-ring (bicyclic) bond motifs is 1. The molecule has 2 aromatic carbocycles. The van der Waals surface area contributed by atoms with Gasteiger partial charge in [0.15, 0.2) is 0 Å². The molecular weight excluding hydrogens is 267 g/mol. The van der Waals surface area contributed by atoms with Crippen LogP contribution in [0.15, 0.2) is 53.8 Å². The Hall–Kier alpha value is -2.69. The topological polar surface area (TPSA) is 42.2 Å². The molecule has 0 radical (unpaired) electrons. The van der Waals surface area contributed by atoms with Crippen LogP contribution in [0.3, 0.4) is 0 Å². The highest BCUT2D eigenvalue weighted by Crippen LogP contribution is 2.23. The number of hydrogen-bond acceptors (Lipinski definition) is 3. The zero-order valence-corrected chi connectivity index (χ0v) is 11.3. The fourth-order valence-electron chi connectivity index (χ4n) is 2.66. The van der Waals surface area contributed by atoms with Gasteiger partial charge in [0.25, 0.3) is 0 Å². The van der Waals surface area contributed by atoms with Gasteiger partial charge in [0.2, 0.25) is 0 Å². The predicted octanol–water partition coefficient (Wildman–Crippen LogP) is 2.51. The van der Waals surface area contributed by atoms with Gasteiger partial charge in [-0.05, 0) is 24.3 Å². The molecule has 3 aromatic rings. The van der Waals surface area contributed by atoms with Crippen LogP contribution in [0.2, 0.25) is 0 Å². The minimum absolute atomic E-state index is 0.279. The summed E-state index contributed by atoms with van der Waals surface area (Å²) >= 11 is 0. The zero-order chi connectivity index (χ0) is 14.2. The van der Waals surface area contributed by atoms with Crippen LogP contribution in [-0.2, 0) is 0 Å². The third-order valence-electron chi connectivity index (χ3n) is 3.62. The van der Waals surface area contributed by atoms with Gasteiger partial charge in [-0.2, -0.15) is 0 Å². The number of halogens is 1. The quantitative estimate of drug-likeness (QED) is 0.783. The lowest BCUT2D eigenvalue weighted by molar-refractivity contribution is 0.623. The van der Waals surface area contributed by atoms with Gasteiger partial charge in [0.1, 0.15) is 18.0 Å². The number of para-hydroxylation sites is 2. The molecule has 104 valence electrons. The Morgan fingerprint density at radius 1 is 1.10 bits per heavy atom. The van der Waals surface area contributed by atoms with E-state index in [1.165, 1.54) is 6.07 Å². The second-order valence-corrected chi connectivity index (χ2v) is 4.89. The summed E-state index contributed by atoms with van der Waals surface area (Å²) < 4.78 is 16.2. The number of imidazole rings is 1. The van der Waals surface area contributed by atoms with Gasteiger partial charge < -0.3 is 5.32 Å². The van der Waals surface area contributed by atoms with E-state index in [0.29, 0.717) is 17.9 Å². The van der Waals surface area contributed by atoms with Crippen molar-refractivity contribution in [1.29, 1.82) is 0 Å². The Morgan fingerprint density at radius 3 is 2.86 bits per heavy atom. The molecule has 1 aliphatic rings. The van der Waals surface area contributed by atoms with Crippen LogP contribution < -0.4 is 5.32 Å². The molecule has 2 heterocycles. The van der Waals surface area contributed by atoms with E-state index in [0.717, 1.165) is 23.3 Å². The number of hydrogen-bond donors (Lipinski definition) is 1. The summed E-state index contributed by atoms with van der Waals surface area (Å²) in [6.45, 7) is 1.42. The maximum absolute atomic E-state index is 14.3. The third kappa shape index (κ3) is 1.89. The Bertz CT molecular complexity index is 850. The van der Waals surface area contributed by atoms with Gasteiger partial charge in [-0.1, -0.05) is 18.2 Å². The van der Waals surface area contributed by atoms with Crippen molar-refractivity contribution >= 4 is 16.9 Å². The molecule has 21 heavy (non-hydrogen) atoms. The van der Waals surface area contributed by atoms with Crippen molar-refractivity contribution in [3.8, 4) is 5.69 Å². The molecule has 0 saturated heterocycles. The summed E-state index contributed by atoms with van der Waals surface area (Å²) in [5.74, 6) is 0.333. The van der Waals surface area contributed by atoms with Crippen LogP contribution in [0.25, 0.3) is 16.7 Å². The molecule has 0 saturated carbocycles. The van der Waals surface area contributed by atoms with Crippen molar-refractivity contribution in [2.75, 3.05) is 13.1 Å². The van der Waals surface area contributed by atoms with E-state index >= 15 is 0 Å². The first-order chi connectivity index (χ1) is 10.3. The van der Waals surface area contributed by atoms with Crippen molar-refractivity contribution in [2.45, 2.75) is 0 Å². The number of nitrogens with zero attached hydrogens (tertiary/aromatic N) is 3. The minimum atomic E-state index is -0.279. The monoisotopic (exact) mass is 280 g/mol. The molecule has 4 rings (SSSR count). The van der Waals surface area contributed by atoms with E-state index in [2.05, 4.69) is 15.3 Å². The molecule has 0 bridgehead atoms. The number of aliphatic imine (C=N–C) groups is 1. The van der Waals surface area contributed by atoms with Gasteiger partial charge in [0, 0.05) is 6.54 Å². The molecule has 1 aromatic heterocycles. The molecular formula is C16H13FN4. The average molecular weight is 280 g/mol. The molecule has 0 amide bonds. The maximum atomic E-state index is 14.3. The van der Waals surface area contributed by atoms with E-state index in [4.69, 9.17) is 0 Å². The maximum Gasteiger partial charge on any atom is 0.136 e. The molecule has 4 nitrogen and oxygen atoms in total. The lowest BCUT2D eigenvalue weighted by Gasteiger charge is -2.12. The van der Waals surface area contributed by atoms with Gasteiger partial charge >= 0.3 is 0 Å². The molecule has 0 atom stereocenters. The van der Waals surface area contributed by atoms with Crippen LogP contribution in [0.1, 0.15) is 5.56 Å². The fourth-order valence-corrected chi connectivity index (χ4v) is 2.66. The Kier molecular flexibility index (Phi) is 2.70. The highest BCUT2D eigenvalue weighted by Gasteiger charge is 2.19. The number of aromatic nitrogens is 2. The highest BCUT2D eigenvalue weighted by molar-refractivity contribution is 6.03. The summed E-state index contributed by atoms with van der Waals surface area (Å²) in [7, 11) is 0. The summed E-state index contributed by atoms with van der Waals surface area (Å²) in [4.78, 5) is 8.72. The number of nitrogens with one attached hydrogen (secondary N) is 1. The van der Waals surface area contributed by atoms with Crippen molar-refractivity contribution < 1.29 is 4.39 Å². The van der Waals surface area contributed by atoms with E-state index in [1.807, 2.05) is 34.9 Å². The van der Waals surface area contributed by atoms with Crippen LogP contribution >= 0.6 is 0 Å². The summed E-state index contributed by atoms with van der Waals surface area (Å²) in [5.41, 5.74) is 3.08. The van der Waals surface area contributed by atoms with Crippen LogP contribution in [-0.4, -0.2) is 28.5 Å². The number of rotatable bonds is 2. The van der Waals surface area contributed by atoms with Gasteiger partial charge in [-0.3, -0.25) is 9.56 Å². The van der Waals surface area contributed by atoms with Crippen molar-refractivity contribution in [1.82, 2.24) is 14.9 Å². The molecule has 0 unspecified atom stereocenters. The molecule has 1 N–H and O–H groups in total. The molecule has 0 spiro atoms. The van der Waals surface area contributed by atoms with Crippen LogP contribution in [0.4, 0.5) is 4.39 Å². The lowest BCUT2D eigenvalue weighted by Crippen LogP contribution is -2.22. The van der Waals surface area contributed by atoms with Gasteiger partial charge in [-0.25, -0.2) is 9.37 Å². The van der Waals surface area contributed by atoms with Crippen molar-refractivity contribution in [2.24, 2.45) is 4.99 Å². The normalized spacial score (nSPS) is 14.2. The lowest BCUT2D eigenvalue weighted by atomic mass is 10.1. The summed E-state index contributed by atoms with van der Waals surface area (Å²) in [6.07, 6.45) is 1.72. The van der Waals surface area contributed by atoms with Crippen molar-refractivity contribution in [3.63, 3.8) is 0 Å².